The highest BCUT2D eigenvalue weighted by molar-refractivity contribution is 7.48. The fraction of sp³-hybridized carbons (Fsp3) is 0.375. The van der Waals surface area contributed by atoms with Crippen molar-refractivity contribution < 1.29 is 22.9 Å². The van der Waals surface area contributed by atoms with E-state index in [-0.39, 0.29) is 18.9 Å². The van der Waals surface area contributed by atoms with Crippen LogP contribution in [0.3, 0.4) is 0 Å². The van der Waals surface area contributed by atoms with E-state index >= 15 is 0 Å². The third kappa shape index (κ3) is 5.39. The van der Waals surface area contributed by atoms with Crippen molar-refractivity contribution in [3.63, 3.8) is 0 Å². The number of pyridine rings is 1. The van der Waals surface area contributed by atoms with Crippen LogP contribution in [-0.2, 0) is 29.4 Å². The maximum atomic E-state index is 11.9. The molecule has 1 N–H and O–H groups in total. The molecule has 1 aromatic heterocycles. The second-order valence-electron chi connectivity index (χ2n) is 5.05. The van der Waals surface area contributed by atoms with Gasteiger partial charge in [-0.25, -0.2) is 4.57 Å². The van der Waals surface area contributed by atoms with E-state index < -0.39 is 7.82 Å². The number of phosphoric ester groups is 1. The van der Waals surface area contributed by atoms with Crippen LogP contribution in [0.1, 0.15) is 12.1 Å². The van der Waals surface area contributed by atoms with Crippen LogP contribution >= 0.6 is 7.82 Å². The van der Waals surface area contributed by atoms with Gasteiger partial charge in [-0.1, -0.05) is 24.3 Å². The summed E-state index contributed by atoms with van der Waals surface area (Å²) in [5.41, 5.74) is 0.714. The summed E-state index contributed by atoms with van der Waals surface area (Å²) < 4.78 is 25.9. The van der Waals surface area contributed by atoms with E-state index in [1.165, 1.54) is 14.2 Å². The largest absolute Gasteiger partial charge is 0.474 e. The highest BCUT2D eigenvalue weighted by Crippen LogP contribution is 2.47. The summed E-state index contributed by atoms with van der Waals surface area (Å²) in [6.45, 7) is 0.563. The number of amides is 1. The number of benzene rings is 1. The Kier molecular flexibility index (Phi) is 6.87. The topological polar surface area (TPSA) is 86.8 Å². The molecule has 0 radical (unpaired) electrons. The second kappa shape index (κ2) is 8.89. The second-order valence-corrected chi connectivity index (χ2v) is 6.93. The molecule has 0 aliphatic carbocycles. The van der Waals surface area contributed by atoms with Crippen LogP contribution in [-0.4, -0.2) is 38.3 Å². The van der Waals surface area contributed by atoms with Crippen molar-refractivity contribution in [1.82, 2.24) is 10.3 Å². The average Bonchev–Trinajstić information content (AvgIpc) is 2.61. The van der Waals surface area contributed by atoms with E-state index in [0.717, 1.165) is 10.8 Å². The number of hydrogen-bond acceptors (Lipinski definition) is 6. The van der Waals surface area contributed by atoms with Gasteiger partial charge in [0, 0.05) is 32.3 Å². The first-order valence-electron chi connectivity index (χ1n) is 7.53. The van der Waals surface area contributed by atoms with Gasteiger partial charge in [-0.05, 0) is 17.9 Å². The number of carbonyl (C=O) groups is 1. The first kappa shape index (κ1) is 18.5. The van der Waals surface area contributed by atoms with Crippen molar-refractivity contribution in [2.24, 2.45) is 0 Å². The Balaban J connectivity index is 1.74. The summed E-state index contributed by atoms with van der Waals surface area (Å²) in [6.07, 6.45) is 2.47. The lowest BCUT2D eigenvalue weighted by atomic mass is 10.1. The van der Waals surface area contributed by atoms with E-state index in [4.69, 9.17) is 4.52 Å². The third-order valence-electron chi connectivity index (χ3n) is 3.37. The zero-order valence-electron chi connectivity index (χ0n) is 13.7. The van der Waals surface area contributed by atoms with Crippen LogP contribution in [0.2, 0.25) is 0 Å². The molecule has 1 amide bonds. The Morgan fingerprint density at radius 1 is 1.21 bits per heavy atom. The van der Waals surface area contributed by atoms with Gasteiger partial charge in [0.25, 0.3) is 0 Å². The fourth-order valence-electron chi connectivity index (χ4n) is 2.11. The highest BCUT2D eigenvalue weighted by atomic mass is 31.2. The van der Waals surface area contributed by atoms with E-state index in [2.05, 4.69) is 19.3 Å². The fourth-order valence-corrected chi connectivity index (χ4v) is 2.82. The average molecular weight is 352 g/mol. The van der Waals surface area contributed by atoms with Crippen LogP contribution < -0.4 is 5.32 Å². The molecule has 0 aliphatic rings. The number of aromatic nitrogens is 1. The maximum absolute atomic E-state index is 11.9. The molecule has 0 spiro atoms. The minimum absolute atomic E-state index is 0.126. The molecular weight excluding hydrogens is 331 g/mol. The van der Waals surface area contributed by atoms with Crippen LogP contribution in [0.15, 0.2) is 36.5 Å². The van der Waals surface area contributed by atoms with Crippen molar-refractivity contribution in [1.29, 1.82) is 0 Å². The Labute approximate surface area is 140 Å². The Morgan fingerprint density at radius 2 is 1.92 bits per heavy atom. The number of carbonyl (C=O) groups excluding carboxylic acids is 1. The predicted molar refractivity (Wildman–Crippen MR) is 90.7 cm³/mol. The molecule has 7 nitrogen and oxygen atoms in total. The number of fused-ring (bicyclic) bond motifs is 1. The van der Waals surface area contributed by atoms with Gasteiger partial charge in [-0.2, -0.15) is 0 Å². The molecule has 0 bridgehead atoms. The van der Waals surface area contributed by atoms with Gasteiger partial charge in [-0.15, -0.1) is 0 Å². The first-order chi connectivity index (χ1) is 11.6. The van der Waals surface area contributed by atoms with E-state index in [1.54, 1.807) is 6.20 Å². The third-order valence-corrected chi connectivity index (χ3v) is 4.76. The lowest BCUT2D eigenvalue weighted by Gasteiger charge is -2.13. The minimum atomic E-state index is -3.45. The summed E-state index contributed by atoms with van der Waals surface area (Å²) in [6, 6.07) is 9.77. The van der Waals surface area contributed by atoms with Crippen LogP contribution in [0.25, 0.3) is 10.8 Å². The van der Waals surface area contributed by atoms with Crippen molar-refractivity contribution in [2.75, 3.05) is 27.4 Å². The van der Waals surface area contributed by atoms with Crippen molar-refractivity contribution in [3.05, 3.63) is 42.2 Å². The molecular formula is C16H21N2O5P. The summed E-state index contributed by atoms with van der Waals surface area (Å²) in [7, 11) is -0.941. The van der Waals surface area contributed by atoms with Gasteiger partial charge in [0.05, 0.1) is 18.7 Å². The maximum Gasteiger partial charge on any atom is 0.474 e. The number of nitrogens with zero attached hydrogens (tertiary/aromatic N) is 1. The molecule has 8 heteroatoms. The molecule has 0 saturated heterocycles. The first-order valence-corrected chi connectivity index (χ1v) is 8.99. The van der Waals surface area contributed by atoms with Crippen molar-refractivity contribution in [2.45, 2.75) is 12.8 Å². The van der Waals surface area contributed by atoms with Gasteiger partial charge in [0.1, 0.15) is 0 Å². The Hall–Kier alpha value is -1.79. The van der Waals surface area contributed by atoms with Crippen molar-refractivity contribution >= 4 is 24.5 Å². The summed E-state index contributed by atoms with van der Waals surface area (Å²) in [5.74, 6) is -0.126. The zero-order valence-corrected chi connectivity index (χ0v) is 14.6. The molecule has 0 fully saturated rings. The van der Waals surface area contributed by atoms with Gasteiger partial charge < -0.3 is 5.32 Å². The molecule has 1 aromatic carbocycles. The van der Waals surface area contributed by atoms with Gasteiger partial charge in [0.15, 0.2) is 0 Å². The smallest absolute Gasteiger partial charge is 0.356 e. The van der Waals surface area contributed by atoms with Crippen LogP contribution in [0.4, 0.5) is 0 Å². The molecule has 0 unspecified atom stereocenters. The lowest BCUT2D eigenvalue weighted by Crippen LogP contribution is -2.27. The van der Waals surface area contributed by atoms with Crippen molar-refractivity contribution in [3.8, 4) is 0 Å². The number of rotatable bonds is 9. The quantitative estimate of drug-likeness (QED) is 0.552. The number of hydrogen-bond donors (Lipinski definition) is 1. The Morgan fingerprint density at radius 3 is 2.62 bits per heavy atom. The predicted octanol–water partition coefficient (Wildman–Crippen LogP) is 2.70. The van der Waals surface area contributed by atoms with E-state index in [1.807, 2.05) is 30.3 Å². The van der Waals surface area contributed by atoms with Crippen LogP contribution in [0.5, 0.6) is 0 Å². The summed E-state index contributed by atoms with van der Waals surface area (Å²) >= 11 is 0. The van der Waals surface area contributed by atoms with Gasteiger partial charge >= 0.3 is 7.82 Å². The summed E-state index contributed by atoms with van der Waals surface area (Å²) in [4.78, 5) is 16.2. The molecule has 130 valence electrons. The monoisotopic (exact) mass is 352 g/mol. The zero-order chi connectivity index (χ0) is 17.4. The number of nitrogens with one attached hydrogen (secondary N) is 1. The van der Waals surface area contributed by atoms with Crippen LogP contribution in [0, 0.1) is 0 Å². The van der Waals surface area contributed by atoms with Gasteiger partial charge in [-0.3, -0.25) is 23.3 Å². The molecule has 24 heavy (non-hydrogen) atoms. The SMILES string of the molecule is COP(=O)(OC)OCCCNC(=O)Cc1cc2ccccc2cn1. The molecule has 0 atom stereocenters. The summed E-state index contributed by atoms with van der Waals surface area (Å²) in [5, 5.41) is 4.87. The highest BCUT2D eigenvalue weighted by Gasteiger charge is 2.21. The standard InChI is InChI=1S/C16H21N2O5P/c1-21-24(20,22-2)23-9-5-8-17-16(19)11-15-10-13-6-3-4-7-14(13)12-18-15/h3-4,6-7,10,12H,5,8-9,11H2,1-2H3,(H,17,19). The molecule has 0 saturated carbocycles. The molecule has 2 rings (SSSR count). The van der Waals surface area contributed by atoms with Gasteiger partial charge in [0.2, 0.25) is 5.91 Å². The van der Waals surface area contributed by atoms with E-state index in [0.29, 0.717) is 18.7 Å². The normalized spacial score (nSPS) is 11.6. The molecule has 2 aromatic rings. The van der Waals surface area contributed by atoms with E-state index in [9.17, 15) is 9.36 Å². The molecule has 0 aliphatic heterocycles. The minimum Gasteiger partial charge on any atom is -0.356 e. The lowest BCUT2D eigenvalue weighted by molar-refractivity contribution is -0.120. The number of phosphoric acid groups is 1. The Bertz CT molecular complexity index is 729. The molecule has 1 heterocycles.